The van der Waals surface area contributed by atoms with Crippen molar-refractivity contribution in [2.45, 2.75) is 32.6 Å². The molecule has 18 heavy (non-hydrogen) atoms. The molecule has 0 aliphatic heterocycles. The summed E-state index contributed by atoms with van der Waals surface area (Å²) in [5.74, 6) is 0.867. The van der Waals surface area contributed by atoms with Gasteiger partial charge in [0.25, 0.3) is 0 Å². The molecule has 0 saturated heterocycles. The Morgan fingerprint density at radius 1 is 1.56 bits per heavy atom. The second-order valence-electron chi connectivity index (χ2n) is 3.99. The molecular weight excluding hydrogens is 264 g/mol. The summed E-state index contributed by atoms with van der Waals surface area (Å²) < 4.78 is 0. The summed E-state index contributed by atoms with van der Waals surface area (Å²) >= 11 is 3.55. The van der Waals surface area contributed by atoms with Gasteiger partial charge in [-0.1, -0.05) is 6.92 Å². The van der Waals surface area contributed by atoms with Gasteiger partial charge in [0.15, 0.2) is 5.96 Å². The van der Waals surface area contributed by atoms with Crippen molar-refractivity contribution in [3.05, 3.63) is 16.1 Å². The van der Waals surface area contributed by atoms with E-state index < -0.39 is 0 Å². The molecule has 0 radical (unpaired) electrons. The number of nitrogens with one attached hydrogen (secondary N) is 2. The summed E-state index contributed by atoms with van der Waals surface area (Å²) in [5, 5.41) is 8.23. The van der Waals surface area contributed by atoms with Gasteiger partial charge in [-0.15, -0.1) is 11.3 Å². The maximum atomic E-state index is 4.54. The SMILES string of the molecule is CCNC(=NCc1ncc(C)s1)NCC(C)SC. The molecule has 6 heteroatoms. The smallest absolute Gasteiger partial charge is 0.191 e. The van der Waals surface area contributed by atoms with Gasteiger partial charge in [0.1, 0.15) is 5.01 Å². The van der Waals surface area contributed by atoms with E-state index in [0.29, 0.717) is 11.8 Å². The van der Waals surface area contributed by atoms with E-state index in [0.717, 1.165) is 24.1 Å². The summed E-state index contributed by atoms with van der Waals surface area (Å²) in [6.07, 6.45) is 4.01. The number of aliphatic imine (C=N–C) groups is 1. The number of thiazole rings is 1. The summed E-state index contributed by atoms with van der Waals surface area (Å²) in [5.41, 5.74) is 0. The van der Waals surface area contributed by atoms with E-state index in [1.807, 2.05) is 18.0 Å². The van der Waals surface area contributed by atoms with E-state index in [9.17, 15) is 0 Å². The highest BCUT2D eigenvalue weighted by atomic mass is 32.2. The second kappa shape index (κ2) is 8.37. The van der Waals surface area contributed by atoms with Crippen molar-refractivity contribution in [1.29, 1.82) is 0 Å². The number of guanidine groups is 1. The number of thioether (sulfide) groups is 1. The molecule has 0 aliphatic carbocycles. The van der Waals surface area contributed by atoms with E-state index in [1.54, 1.807) is 11.3 Å². The lowest BCUT2D eigenvalue weighted by Gasteiger charge is -2.13. The molecule has 0 fully saturated rings. The minimum absolute atomic E-state index is 0.580. The van der Waals surface area contributed by atoms with Gasteiger partial charge in [0.2, 0.25) is 0 Å². The van der Waals surface area contributed by atoms with Gasteiger partial charge >= 0.3 is 0 Å². The van der Waals surface area contributed by atoms with Crippen LogP contribution in [-0.2, 0) is 6.54 Å². The van der Waals surface area contributed by atoms with Crippen molar-refractivity contribution in [3.63, 3.8) is 0 Å². The lowest BCUT2D eigenvalue weighted by atomic mass is 10.5. The van der Waals surface area contributed by atoms with Gasteiger partial charge in [-0.3, -0.25) is 0 Å². The Bertz CT molecular complexity index is 376. The average Bonchev–Trinajstić information content (AvgIpc) is 2.78. The van der Waals surface area contributed by atoms with Crippen LogP contribution in [-0.4, -0.2) is 35.5 Å². The van der Waals surface area contributed by atoms with Crippen molar-refractivity contribution in [1.82, 2.24) is 15.6 Å². The monoisotopic (exact) mass is 286 g/mol. The second-order valence-corrected chi connectivity index (χ2v) is 6.58. The standard InChI is InChI=1S/C12H22N4S2/c1-5-13-12(15-6-9(2)17-4)16-8-11-14-7-10(3)18-11/h7,9H,5-6,8H2,1-4H3,(H2,13,15,16). The largest absolute Gasteiger partial charge is 0.357 e. The molecule has 0 saturated carbocycles. The Labute approximate surface area is 118 Å². The summed E-state index contributed by atoms with van der Waals surface area (Å²) in [4.78, 5) is 10.1. The van der Waals surface area contributed by atoms with Crippen molar-refractivity contribution in [2.75, 3.05) is 19.3 Å². The topological polar surface area (TPSA) is 49.3 Å². The van der Waals surface area contributed by atoms with Crippen molar-refractivity contribution < 1.29 is 0 Å². The zero-order valence-corrected chi connectivity index (χ0v) is 13.1. The van der Waals surface area contributed by atoms with Crippen LogP contribution in [0.4, 0.5) is 0 Å². The van der Waals surface area contributed by atoms with Gasteiger partial charge in [-0.2, -0.15) is 11.8 Å². The normalized spacial score (nSPS) is 13.4. The average molecular weight is 286 g/mol. The number of rotatable bonds is 6. The van der Waals surface area contributed by atoms with Crippen LogP contribution in [0, 0.1) is 6.92 Å². The maximum Gasteiger partial charge on any atom is 0.191 e. The van der Waals surface area contributed by atoms with Crippen LogP contribution in [0.25, 0.3) is 0 Å². The Kier molecular flexibility index (Phi) is 7.12. The van der Waals surface area contributed by atoms with Crippen LogP contribution in [0.2, 0.25) is 0 Å². The fraction of sp³-hybridized carbons (Fsp3) is 0.667. The molecule has 0 spiro atoms. The summed E-state index contributed by atoms with van der Waals surface area (Å²) in [7, 11) is 0. The first kappa shape index (κ1) is 15.3. The molecule has 1 rings (SSSR count). The first-order valence-corrected chi connectivity index (χ1v) is 8.22. The third-order valence-corrected chi connectivity index (χ3v) is 4.21. The molecule has 1 unspecified atom stereocenters. The lowest BCUT2D eigenvalue weighted by molar-refractivity contribution is 0.795. The van der Waals surface area contributed by atoms with Crippen molar-refractivity contribution >= 4 is 29.1 Å². The minimum atomic E-state index is 0.580. The van der Waals surface area contributed by atoms with Crippen LogP contribution in [0.1, 0.15) is 23.7 Å². The van der Waals surface area contributed by atoms with E-state index in [-0.39, 0.29) is 0 Å². The quantitative estimate of drug-likeness (QED) is 0.622. The predicted molar refractivity (Wildman–Crippen MR) is 82.6 cm³/mol. The Morgan fingerprint density at radius 3 is 2.89 bits per heavy atom. The van der Waals surface area contributed by atoms with Crippen LogP contribution >= 0.6 is 23.1 Å². The summed E-state index contributed by atoms with van der Waals surface area (Å²) in [6.45, 7) is 8.77. The molecule has 1 atom stereocenters. The number of nitrogens with zero attached hydrogens (tertiary/aromatic N) is 2. The van der Waals surface area contributed by atoms with Gasteiger partial charge < -0.3 is 10.6 Å². The molecule has 102 valence electrons. The highest BCUT2D eigenvalue weighted by Gasteiger charge is 2.03. The van der Waals surface area contributed by atoms with Crippen LogP contribution in [0.3, 0.4) is 0 Å². The fourth-order valence-corrected chi connectivity index (χ4v) is 2.25. The molecular formula is C12H22N4S2. The number of aromatic nitrogens is 1. The van der Waals surface area contributed by atoms with Crippen molar-refractivity contribution in [3.8, 4) is 0 Å². The Balaban J connectivity index is 2.49. The van der Waals surface area contributed by atoms with Gasteiger partial charge in [-0.25, -0.2) is 9.98 Å². The van der Waals surface area contributed by atoms with E-state index in [2.05, 4.69) is 47.6 Å². The predicted octanol–water partition coefficient (Wildman–Crippen LogP) is 2.26. The van der Waals surface area contributed by atoms with Gasteiger partial charge in [-0.05, 0) is 20.1 Å². The fourth-order valence-electron chi connectivity index (χ4n) is 1.29. The zero-order valence-electron chi connectivity index (χ0n) is 11.5. The third kappa shape index (κ3) is 5.73. The maximum absolute atomic E-state index is 4.54. The Morgan fingerprint density at radius 2 is 2.33 bits per heavy atom. The molecule has 0 amide bonds. The molecule has 1 aromatic heterocycles. The van der Waals surface area contributed by atoms with Crippen molar-refractivity contribution in [2.24, 2.45) is 4.99 Å². The number of hydrogen-bond acceptors (Lipinski definition) is 4. The van der Waals surface area contributed by atoms with E-state index in [1.165, 1.54) is 4.88 Å². The molecule has 4 nitrogen and oxygen atoms in total. The minimum Gasteiger partial charge on any atom is -0.357 e. The molecule has 0 bridgehead atoms. The zero-order chi connectivity index (χ0) is 13.4. The first-order valence-electron chi connectivity index (χ1n) is 6.12. The van der Waals surface area contributed by atoms with E-state index in [4.69, 9.17) is 0 Å². The van der Waals surface area contributed by atoms with Crippen LogP contribution in [0.15, 0.2) is 11.2 Å². The lowest BCUT2D eigenvalue weighted by Crippen LogP contribution is -2.40. The van der Waals surface area contributed by atoms with Gasteiger partial charge in [0.05, 0.1) is 6.54 Å². The first-order chi connectivity index (χ1) is 8.65. The van der Waals surface area contributed by atoms with Crippen LogP contribution in [0.5, 0.6) is 0 Å². The number of aryl methyl sites for hydroxylation is 1. The molecule has 1 aromatic rings. The molecule has 0 aliphatic rings. The van der Waals surface area contributed by atoms with Crippen LogP contribution < -0.4 is 10.6 Å². The Hall–Kier alpha value is -0.750. The van der Waals surface area contributed by atoms with Gasteiger partial charge in [0, 0.05) is 29.4 Å². The highest BCUT2D eigenvalue weighted by molar-refractivity contribution is 7.99. The van der Waals surface area contributed by atoms with E-state index >= 15 is 0 Å². The summed E-state index contributed by atoms with van der Waals surface area (Å²) in [6, 6.07) is 0. The molecule has 2 N–H and O–H groups in total. The third-order valence-electron chi connectivity index (χ3n) is 2.35. The highest BCUT2D eigenvalue weighted by Crippen LogP contribution is 2.11. The number of hydrogen-bond donors (Lipinski definition) is 2. The molecule has 1 heterocycles. The molecule has 0 aromatic carbocycles.